The molecule has 0 heterocycles. The van der Waals surface area contributed by atoms with E-state index < -0.39 is 0 Å². The summed E-state index contributed by atoms with van der Waals surface area (Å²) in [5.74, 6) is -0.654. The van der Waals surface area contributed by atoms with Gasteiger partial charge in [-0.05, 0) is 25.0 Å². The van der Waals surface area contributed by atoms with E-state index in [1.165, 1.54) is 12.2 Å². The van der Waals surface area contributed by atoms with Crippen LogP contribution in [0.25, 0.3) is 0 Å². The van der Waals surface area contributed by atoms with Crippen LogP contribution in [-0.2, 0) is 19.1 Å². The summed E-state index contributed by atoms with van der Waals surface area (Å²) in [4.78, 5) is 22.5. The van der Waals surface area contributed by atoms with Gasteiger partial charge in [0.05, 0.1) is 13.2 Å². The molecule has 0 saturated heterocycles. The Balaban J connectivity index is 3.46. The number of hydrogen-bond acceptors (Lipinski definition) is 6. The van der Waals surface area contributed by atoms with Crippen molar-refractivity contribution in [1.29, 1.82) is 0 Å². The van der Waals surface area contributed by atoms with Crippen molar-refractivity contribution in [3.63, 3.8) is 0 Å². The molecule has 0 fully saturated rings. The summed E-state index contributed by atoms with van der Waals surface area (Å²) in [5.41, 5.74) is 0. The Morgan fingerprint density at radius 2 is 1.15 bits per heavy atom. The van der Waals surface area contributed by atoms with Crippen LogP contribution in [0, 0.1) is 0 Å². The van der Waals surface area contributed by atoms with Crippen molar-refractivity contribution in [3.05, 3.63) is 24.3 Å². The van der Waals surface area contributed by atoms with Crippen molar-refractivity contribution in [2.75, 3.05) is 26.4 Å². The lowest BCUT2D eigenvalue weighted by Gasteiger charge is -2.03. The first-order valence-electron chi connectivity index (χ1n) is 6.53. The minimum atomic E-state index is -0.327. The van der Waals surface area contributed by atoms with Gasteiger partial charge >= 0.3 is 11.9 Å². The van der Waals surface area contributed by atoms with Gasteiger partial charge in [-0.15, -0.1) is 0 Å². The van der Waals surface area contributed by atoms with Gasteiger partial charge in [0.1, 0.15) is 13.2 Å². The normalized spacial score (nSPS) is 11.1. The molecule has 0 spiro atoms. The zero-order valence-electron chi connectivity index (χ0n) is 11.5. The molecular weight excluding hydrogens is 264 g/mol. The van der Waals surface area contributed by atoms with E-state index in [1.54, 1.807) is 12.2 Å². The highest BCUT2D eigenvalue weighted by atomic mass is 16.5. The molecule has 114 valence electrons. The molecule has 0 unspecified atom stereocenters. The van der Waals surface area contributed by atoms with E-state index in [0.29, 0.717) is 12.8 Å². The Bertz CT molecular complexity index is 290. The van der Waals surface area contributed by atoms with E-state index >= 15 is 0 Å². The first-order valence-corrected chi connectivity index (χ1v) is 6.53. The fourth-order valence-corrected chi connectivity index (χ4v) is 1.25. The molecule has 0 rings (SSSR count). The fraction of sp³-hybridized carbons (Fsp3) is 0.571. The minimum Gasteiger partial charge on any atom is -0.461 e. The summed E-state index contributed by atoms with van der Waals surface area (Å²) >= 11 is 0. The van der Waals surface area contributed by atoms with Gasteiger partial charge in [-0.3, -0.25) is 9.59 Å². The summed E-state index contributed by atoms with van der Waals surface area (Å²) in [7, 11) is 0. The number of rotatable bonds is 11. The second-order valence-electron chi connectivity index (χ2n) is 3.88. The molecule has 0 saturated carbocycles. The third kappa shape index (κ3) is 12.8. The predicted molar refractivity (Wildman–Crippen MR) is 72.8 cm³/mol. The fourth-order valence-electron chi connectivity index (χ4n) is 1.25. The minimum absolute atomic E-state index is 0.0762. The zero-order valence-corrected chi connectivity index (χ0v) is 11.5. The van der Waals surface area contributed by atoms with E-state index in [9.17, 15) is 9.59 Å². The van der Waals surface area contributed by atoms with Gasteiger partial charge in [0.25, 0.3) is 0 Å². The average molecular weight is 286 g/mol. The molecule has 6 heteroatoms. The Hall–Kier alpha value is -1.66. The van der Waals surface area contributed by atoms with E-state index in [2.05, 4.69) is 0 Å². The van der Waals surface area contributed by atoms with E-state index in [4.69, 9.17) is 19.7 Å². The summed E-state index contributed by atoms with van der Waals surface area (Å²) in [6, 6.07) is 0. The Kier molecular flexibility index (Phi) is 12.6. The molecule has 0 aliphatic heterocycles. The number of hydrogen-bond donors (Lipinski definition) is 2. The van der Waals surface area contributed by atoms with Crippen LogP contribution in [0.2, 0.25) is 0 Å². The maximum Gasteiger partial charge on any atom is 0.306 e. The third-order valence-corrected chi connectivity index (χ3v) is 2.24. The Morgan fingerprint density at radius 3 is 1.50 bits per heavy atom. The summed E-state index contributed by atoms with van der Waals surface area (Å²) in [5, 5.41) is 16.9. The van der Waals surface area contributed by atoms with Crippen LogP contribution in [-0.4, -0.2) is 48.6 Å². The molecule has 0 aromatic carbocycles. The van der Waals surface area contributed by atoms with Gasteiger partial charge < -0.3 is 19.7 Å². The van der Waals surface area contributed by atoms with Crippen LogP contribution in [0.1, 0.15) is 25.7 Å². The van der Waals surface area contributed by atoms with Gasteiger partial charge in [-0.25, -0.2) is 0 Å². The molecule has 0 amide bonds. The molecule has 2 N–H and O–H groups in total. The highest BCUT2D eigenvalue weighted by Crippen LogP contribution is 2.03. The van der Waals surface area contributed by atoms with Gasteiger partial charge in [0.2, 0.25) is 0 Å². The molecule has 6 nitrogen and oxygen atoms in total. The summed E-state index contributed by atoms with van der Waals surface area (Å²) < 4.78 is 9.71. The van der Waals surface area contributed by atoms with Crippen molar-refractivity contribution in [1.82, 2.24) is 0 Å². The van der Waals surface area contributed by atoms with Crippen molar-refractivity contribution in [2.45, 2.75) is 25.7 Å². The standard InChI is InChI=1S/C14H22O6/c15-9-3-5-11-19-13(17)7-1-2-8-14(18)20-12-6-4-10-16/h3-6,15-16H,1-2,7-12H2/b5-3+,6-4?. The maximum absolute atomic E-state index is 11.2. The monoisotopic (exact) mass is 286 g/mol. The Labute approximate surface area is 118 Å². The van der Waals surface area contributed by atoms with Gasteiger partial charge in [-0.2, -0.15) is 0 Å². The highest BCUT2D eigenvalue weighted by Gasteiger charge is 2.05. The van der Waals surface area contributed by atoms with Crippen molar-refractivity contribution in [2.24, 2.45) is 0 Å². The average Bonchev–Trinajstić information content (AvgIpc) is 2.44. The molecule has 0 atom stereocenters. The number of unbranched alkanes of at least 4 members (excludes halogenated alkanes) is 1. The number of aliphatic hydroxyl groups excluding tert-OH is 2. The lowest BCUT2D eigenvalue weighted by Crippen LogP contribution is -2.06. The second-order valence-corrected chi connectivity index (χ2v) is 3.88. The highest BCUT2D eigenvalue weighted by molar-refractivity contribution is 5.70. The van der Waals surface area contributed by atoms with Crippen molar-refractivity contribution >= 4 is 11.9 Å². The number of carbonyl (C=O) groups is 2. The molecule has 0 bridgehead atoms. The van der Waals surface area contributed by atoms with Crippen LogP contribution >= 0.6 is 0 Å². The van der Waals surface area contributed by atoms with Crippen LogP contribution in [0.15, 0.2) is 24.3 Å². The lowest BCUT2D eigenvalue weighted by atomic mass is 10.2. The number of carbonyl (C=O) groups excluding carboxylic acids is 2. The van der Waals surface area contributed by atoms with E-state index in [0.717, 1.165) is 0 Å². The third-order valence-electron chi connectivity index (χ3n) is 2.24. The first kappa shape index (κ1) is 18.3. The second kappa shape index (κ2) is 13.8. The topological polar surface area (TPSA) is 93.1 Å². The quantitative estimate of drug-likeness (QED) is 0.330. The van der Waals surface area contributed by atoms with Crippen molar-refractivity contribution < 1.29 is 29.3 Å². The summed E-state index contributed by atoms with van der Waals surface area (Å²) in [6.07, 6.45) is 7.75. The van der Waals surface area contributed by atoms with Crippen LogP contribution in [0.5, 0.6) is 0 Å². The lowest BCUT2D eigenvalue weighted by molar-refractivity contribution is -0.144. The maximum atomic E-state index is 11.2. The number of aliphatic hydroxyl groups is 2. The molecule has 20 heavy (non-hydrogen) atoms. The van der Waals surface area contributed by atoms with Crippen LogP contribution in [0.3, 0.4) is 0 Å². The largest absolute Gasteiger partial charge is 0.461 e. The summed E-state index contributed by atoms with van der Waals surface area (Å²) in [6.45, 7) is 0.150. The SMILES string of the molecule is O=C(CCCCC(=O)OC/C=C/CO)OCC=CCO. The smallest absolute Gasteiger partial charge is 0.306 e. The van der Waals surface area contributed by atoms with Crippen molar-refractivity contribution in [3.8, 4) is 0 Å². The van der Waals surface area contributed by atoms with Crippen LogP contribution < -0.4 is 0 Å². The van der Waals surface area contributed by atoms with E-state index in [-0.39, 0.29) is 51.2 Å². The van der Waals surface area contributed by atoms with E-state index in [1.807, 2.05) is 0 Å². The molecule has 0 aliphatic rings. The van der Waals surface area contributed by atoms with Gasteiger partial charge in [0.15, 0.2) is 0 Å². The molecule has 0 aromatic heterocycles. The molecular formula is C14H22O6. The molecule has 0 aliphatic carbocycles. The number of esters is 2. The zero-order chi connectivity index (χ0) is 15.1. The molecule has 0 radical (unpaired) electrons. The van der Waals surface area contributed by atoms with Crippen LogP contribution in [0.4, 0.5) is 0 Å². The van der Waals surface area contributed by atoms with Gasteiger partial charge in [0, 0.05) is 12.8 Å². The number of ether oxygens (including phenoxy) is 2. The van der Waals surface area contributed by atoms with Gasteiger partial charge in [-0.1, -0.05) is 12.2 Å². The molecule has 0 aromatic rings. The Morgan fingerprint density at radius 1 is 0.750 bits per heavy atom. The first-order chi connectivity index (χ1) is 9.70. The predicted octanol–water partition coefficient (Wildman–Crippen LogP) is 0.730.